The van der Waals surface area contributed by atoms with Crippen LogP contribution in [0, 0.1) is 6.92 Å². The largest absolute Gasteiger partial charge is 0.493 e. The van der Waals surface area contributed by atoms with Gasteiger partial charge in [-0.05, 0) is 41.6 Å². The van der Waals surface area contributed by atoms with Crippen LogP contribution in [0.1, 0.15) is 22.0 Å². The van der Waals surface area contributed by atoms with Gasteiger partial charge in [0.1, 0.15) is 0 Å². The van der Waals surface area contributed by atoms with E-state index in [2.05, 4.69) is 6.07 Å². The fourth-order valence-corrected chi connectivity index (χ4v) is 3.22. The van der Waals surface area contributed by atoms with Gasteiger partial charge in [0.2, 0.25) is 0 Å². The van der Waals surface area contributed by atoms with Crippen LogP contribution in [0.15, 0.2) is 23.6 Å². The molecule has 0 spiro atoms. The van der Waals surface area contributed by atoms with Crippen LogP contribution in [0.5, 0.6) is 11.5 Å². The Bertz CT molecular complexity index is 583. The number of hydrogen-bond donors (Lipinski definition) is 1. The van der Waals surface area contributed by atoms with Crippen molar-refractivity contribution >= 4 is 22.9 Å². The van der Waals surface area contributed by atoms with Crippen molar-refractivity contribution in [3.05, 3.63) is 44.6 Å². The zero-order valence-corrected chi connectivity index (χ0v) is 12.6. The Morgan fingerprint density at radius 3 is 2.53 bits per heavy atom. The van der Waals surface area contributed by atoms with Gasteiger partial charge in [0.15, 0.2) is 11.5 Å². The maximum absolute atomic E-state index is 6.30. The Morgan fingerprint density at radius 1 is 1.26 bits per heavy atom. The van der Waals surface area contributed by atoms with E-state index in [4.69, 9.17) is 26.8 Å². The van der Waals surface area contributed by atoms with Gasteiger partial charge in [-0.15, -0.1) is 11.3 Å². The number of rotatable bonds is 4. The molecule has 1 aromatic carbocycles. The molecule has 0 saturated carbocycles. The third kappa shape index (κ3) is 2.71. The molecule has 0 bridgehead atoms. The first-order valence-electron chi connectivity index (χ1n) is 5.79. The molecule has 0 aliphatic carbocycles. The molecular weight excluding hydrogens is 282 g/mol. The molecule has 0 aliphatic rings. The van der Waals surface area contributed by atoms with Crippen molar-refractivity contribution in [2.45, 2.75) is 13.0 Å². The van der Waals surface area contributed by atoms with Crippen LogP contribution in [0.4, 0.5) is 0 Å². The molecule has 3 nitrogen and oxygen atoms in total. The normalized spacial score (nSPS) is 12.3. The van der Waals surface area contributed by atoms with Crippen molar-refractivity contribution in [1.82, 2.24) is 0 Å². The molecule has 1 heterocycles. The molecule has 0 amide bonds. The summed E-state index contributed by atoms with van der Waals surface area (Å²) in [6.07, 6.45) is 0. The van der Waals surface area contributed by atoms with Gasteiger partial charge >= 0.3 is 0 Å². The highest BCUT2D eigenvalue weighted by Crippen LogP contribution is 2.39. The first-order chi connectivity index (χ1) is 9.08. The van der Waals surface area contributed by atoms with Crippen LogP contribution < -0.4 is 15.2 Å². The molecule has 2 N–H and O–H groups in total. The third-order valence-corrected chi connectivity index (χ3v) is 4.38. The zero-order chi connectivity index (χ0) is 14.0. The number of ether oxygens (including phenoxy) is 2. The van der Waals surface area contributed by atoms with Crippen molar-refractivity contribution < 1.29 is 9.47 Å². The molecule has 0 saturated heterocycles. The number of nitrogens with two attached hydrogens (primary N) is 1. The Morgan fingerprint density at radius 2 is 2.00 bits per heavy atom. The zero-order valence-electron chi connectivity index (χ0n) is 11.1. The fraction of sp³-hybridized carbons (Fsp3) is 0.286. The Hall–Kier alpha value is -1.23. The molecule has 1 aromatic heterocycles. The summed E-state index contributed by atoms with van der Waals surface area (Å²) in [7, 11) is 3.15. The molecule has 19 heavy (non-hydrogen) atoms. The van der Waals surface area contributed by atoms with Gasteiger partial charge < -0.3 is 15.2 Å². The van der Waals surface area contributed by atoms with Gasteiger partial charge in [-0.3, -0.25) is 0 Å². The molecule has 1 unspecified atom stereocenters. The molecule has 0 aliphatic heterocycles. The highest BCUT2D eigenvalue weighted by Gasteiger charge is 2.18. The highest BCUT2D eigenvalue weighted by atomic mass is 35.5. The Labute approximate surface area is 121 Å². The number of aryl methyl sites for hydroxylation is 1. The lowest BCUT2D eigenvalue weighted by Crippen LogP contribution is -2.11. The van der Waals surface area contributed by atoms with E-state index in [9.17, 15) is 0 Å². The van der Waals surface area contributed by atoms with E-state index in [-0.39, 0.29) is 6.04 Å². The van der Waals surface area contributed by atoms with Crippen LogP contribution >= 0.6 is 22.9 Å². The summed E-state index contributed by atoms with van der Waals surface area (Å²) < 4.78 is 10.5. The van der Waals surface area contributed by atoms with Crippen LogP contribution in [-0.2, 0) is 0 Å². The second-order valence-corrected chi connectivity index (χ2v) is 5.54. The lowest BCUT2D eigenvalue weighted by atomic mass is 10.0. The molecule has 1 atom stereocenters. The highest BCUT2D eigenvalue weighted by molar-refractivity contribution is 7.10. The number of methoxy groups -OCH3 is 2. The number of halogens is 1. The maximum Gasteiger partial charge on any atom is 0.179 e. The van der Waals surface area contributed by atoms with E-state index in [1.54, 1.807) is 25.6 Å². The fourth-order valence-electron chi connectivity index (χ4n) is 1.97. The van der Waals surface area contributed by atoms with Crippen LogP contribution in [0.3, 0.4) is 0 Å². The Balaban J connectivity index is 2.46. The summed E-state index contributed by atoms with van der Waals surface area (Å²) >= 11 is 7.84. The van der Waals surface area contributed by atoms with Gasteiger partial charge in [-0.25, -0.2) is 0 Å². The first-order valence-corrected chi connectivity index (χ1v) is 7.05. The lowest BCUT2D eigenvalue weighted by molar-refractivity contribution is 0.354. The van der Waals surface area contributed by atoms with Gasteiger partial charge in [0.25, 0.3) is 0 Å². The number of thiophene rings is 1. The van der Waals surface area contributed by atoms with Gasteiger partial charge in [-0.2, -0.15) is 0 Å². The topological polar surface area (TPSA) is 44.5 Å². The van der Waals surface area contributed by atoms with E-state index in [1.165, 1.54) is 5.56 Å². The lowest BCUT2D eigenvalue weighted by Gasteiger charge is -2.16. The molecule has 2 rings (SSSR count). The van der Waals surface area contributed by atoms with Crippen LogP contribution in [0.25, 0.3) is 0 Å². The van der Waals surface area contributed by atoms with Gasteiger partial charge in [0, 0.05) is 4.88 Å². The third-order valence-electron chi connectivity index (χ3n) is 3.00. The van der Waals surface area contributed by atoms with Crippen molar-refractivity contribution in [2.24, 2.45) is 5.73 Å². The first kappa shape index (κ1) is 14.2. The van der Waals surface area contributed by atoms with Crippen molar-refractivity contribution in [1.29, 1.82) is 0 Å². The quantitative estimate of drug-likeness (QED) is 0.934. The van der Waals surface area contributed by atoms with Crippen LogP contribution in [0.2, 0.25) is 5.02 Å². The predicted molar refractivity (Wildman–Crippen MR) is 79.6 cm³/mol. The molecule has 0 radical (unpaired) electrons. The minimum Gasteiger partial charge on any atom is -0.493 e. The van der Waals surface area contributed by atoms with Crippen molar-refractivity contribution in [2.75, 3.05) is 14.2 Å². The second kappa shape index (κ2) is 5.82. The predicted octanol–water partition coefficient (Wildman–Crippen LogP) is 3.78. The van der Waals surface area contributed by atoms with Gasteiger partial charge in [-0.1, -0.05) is 11.6 Å². The van der Waals surface area contributed by atoms with Gasteiger partial charge in [0.05, 0.1) is 25.3 Å². The van der Waals surface area contributed by atoms with E-state index in [0.717, 1.165) is 10.4 Å². The monoisotopic (exact) mass is 297 g/mol. The van der Waals surface area contributed by atoms with Crippen molar-refractivity contribution in [3.63, 3.8) is 0 Å². The SMILES string of the molecule is COc1cc(C(N)c2sccc2C)cc(Cl)c1OC. The van der Waals surface area contributed by atoms with E-state index in [1.807, 2.05) is 24.4 Å². The second-order valence-electron chi connectivity index (χ2n) is 4.18. The summed E-state index contributed by atoms with van der Waals surface area (Å²) in [5.41, 5.74) is 8.40. The number of benzene rings is 1. The molecular formula is C14H16ClNO2S. The van der Waals surface area contributed by atoms with Crippen LogP contribution in [-0.4, -0.2) is 14.2 Å². The maximum atomic E-state index is 6.30. The minimum atomic E-state index is -0.211. The average Bonchev–Trinajstić information content (AvgIpc) is 2.83. The molecule has 0 fully saturated rings. The summed E-state index contributed by atoms with van der Waals surface area (Å²) in [5, 5.41) is 2.54. The number of hydrogen-bond acceptors (Lipinski definition) is 4. The summed E-state index contributed by atoms with van der Waals surface area (Å²) in [5.74, 6) is 1.12. The standard InChI is InChI=1S/C14H16ClNO2S/c1-8-4-5-19-14(8)12(16)9-6-10(15)13(18-3)11(7-9)17-2/h4-7,12H,16H2,1-3H3. The van der Waals surface area contributed by atoms with E-state index >= 15 is 0 Å². The van der Waals surface area contributed by atoms with E-state index < -0.39 is 0 Å². The average molecular weight is 298 g/mol. The summed E-state index contributed by atoms with van der Waals surface area (Å²) in [6.45, 7) is 2.05. The summed E-state index contributed by atoms with van der Waals surface area (Å²) in [4.78, 5) is 1.13. The minimum absolute atomic E-state index is 0.211. The van der Waals surface area contributed by atoms with Crippen molar-refractivity contribution in [3.8, 4) is 11.5 Å². The Kier molecular flexibility index (Phi) is 4.34. The molecule has 5 heteroatoms. The molecule has 2 aromatic rings. The summed E-state index contributed by atoms with van der Waals surface area (Å²) in [6, 6.07) is 5.54. The molecule has 102 valence electrons. The smallest absolute Gasteiger partial charge is 0.179 e. The van der Waals surface area contributed by atoms with E-state index in [0.29, 0.717) is 16.5 Å².